The van der Waals surface area contributed by atoms with E-state index in [4.69, 9.17) is 39.4 Å². The lowest BCUT2D eigenvalue weighted by Gasteiger charge is -2.39. The van der Waals surface area contributed by atoms with E-state index in [0.29, 0.717) is 34.9 Å². The Balaban J connectivity index is 0.627. The van der Waals surface area contributed by atoms with E-state index in [-0.39, 0.29) is 0 Å². The first-order valence-corrected chi connectivity index (χ1v) is 34.3. The molecule has 5 aliphatic rings. The minimum atomic E-state index is -0.647. The predicted molar refractivity (Wildman–Crippen MR) is 402 cm³/mol. The second kappa shape index (κ2) is 22.1. The van der Waals surface area contributed by atoms with Crippen LogP contribution in [-0.2, 0) is 17.3 Å². The smallest absolute Gasteiger partial charge is 0.164 e. The number of rotatable bonds is 8. The maximum absolute atomic E-state index is 6.84. The van der Waals surface area contributed by atoms with Crippen molar-refractivity contribution in [1.82, 2.24) is 29.9 Å². The molecule has 4 heterocycles. The van der Waals surface area contributed by atoms with Crippen LogP contribution in [0.2, 0.25) is 0 Å². The lowest BCUT2D eigenvalue weighted by Crippen LogP contribution is -2.32. The quantitative estimate of drug-likeness (QED) is 0.148. The summed E-state index contributed by atoms with van der Waals surface area (Å²) < 4.78 is 13.6. The number of para-hydroxylation sites is 2. The first-order valence-electron chi connectivity index (χ1n) is 34.3. The highest BCUT2D eigenvalue weighted by molar-refractivity contribution is 6.04. The van der Waals surface area contributed by atoms with Crippen LogP contribution in [0.1, 0.15) is 61.2 Å². The Morgan fingerprint density at radius 2 is 0.594 bits per heavy atom. The van der Waals surface area contributed by atoms with Gasteiger partial charge in [-0.05, 0) is 150 Å². The monoisotopic (exact) mass is 1290 g/mol. The van der Waals surface area contributed by atoms with Crippen LogP contribution in [0, 0.1) is 0 Å². The molecule has 14 aromatic carbocycles. The van der Waals surface area contributed by atoms with Crippen LogP contribution in [0.3, 0.4) is 0 Å². The number of fused-ring (bicyclic) bond motifs is 18. The molecule has 101 heavy (non-hydrogen) atoms. The summed E-state index contributed by atoms with van der Waals surface area (Å²) in [4.78, 5) is 31.6. The zero-order valence-corrected chi connectivity index (χ0v) is 54.4. The van der Waals surface area contributed by atoms with Crippen molar-refractivity contribution in [3.8, 4) is 125 Å². The first-order chi connectivity index (χ1) is 50.0. The third-order valence-corrected chi connectivity index (χ3v) is 21.3. The Bertz CT molecular complexity index is 6090. The molecule has 0 N–H and O–H groups in total. The SMILES string of the molecule is C1=C(c2ccc(-c3nc(-c4ccccc4)nc(-c4ccc(-c5ccc6c(c5)C5(c7ccccc7O6)c6ccccc6-c6ccccc65)cc4)n3)cc2)Cc2cccc3cc(-c4nc(-c5ccccc5)nc(-c5ccc6c(c5)C5(c7ccccc7O6)c6ccccc6-c6ccccc65)n4)cc1c23. The van der Waals surface area contributed by atoms with Crippen molar-refractivity contribution >= 4 is 22.4 Å². The second-order valence-corrected chi connectivity index (χ2v) is 26.7. The Labute approximate surface area is 583 Å². The van der Waals surface area contributed by atoms with Gasteiger partial charge in [0.1, 0.15) is 23.0 Å². The molecule has 21 rings (SSSR count). The molecule has 0 atom stereocenters. The highest BCUT2D eigenvalue weighted by atomic mass is 16.5. The second-order valence-electron chi connectivity index (χ2n) is 26.7. The van der Waals surface area contributed by atoms with Crippen LogP contribution < -0.4 is 9.47 Å². The molecule has 0 bridgehead atoms. The zero-order chi connectivity index (χ0) is 66.3. The molecule has 2 aliphatic heterocycles. The highest BCUT2D eigenvalue weighted by Gasteiger charge is 2.53. The summed E-state index contributed by atoms with van der Waals surface area (Å²) in [6.45, 7) is 0. The normalized spacial score (nSPS) is 13.9. The van der Waals surface area contributed by atoms with Crippen LogP contribution in [0.25, 0.3) is 124 Å². The van der Waals surface area contributed by atoms with Crippen molar-refractivity contribution < 1.29 is 9.47 Å². The van der Waals surface area contributed by atoms with E-state index in [0.717, 1.165) is 113 Å². The standard InChI is InChI=1S/C93H56N6O2/c1-3-20-58(21-4-1)86-94-88(60-42-38-56(39-43-60)62-46-48-83-79(54-62)92(77-34-15-17-36-81(77)100-83)73-30-11-7-26-69(73)70-27-8-12-31-74(70)92)96-89(95-86)61-44-40-57(41-45-61)66-50-63-24-19-25-64-51-68(53-67(52-66)85(63)64)91-98-87(59-22-5-2-6-23-59)97-90(99-91)65-47-49-84-80(55-65)93(78-35-16-18-37-82(78)101-84)75-32-13-9-28-71(75)72-29-10-14-33-76(72)93/h1-49,51-55H,50H2. The minimum absolute atomic E-state index is 0.560. The fourth-order valence-electron chi connectivity index (χ4n) is 16.9. The van der Waals surface area contributed by atoms with Gasteiger partial charge in [0.05, 0.1) is 10.8 Å². The Morgan fingerprint density at radius 3 is 1.08 bits per heavy atom. The summed E-state index contributed by atoms with van der Waals surface area (Å²) in [5.74, 6) is 6.92. The molecule has 470 valence electrons. The first kappa shape index (κ1) is 56.8. The third-order valence-electron chi connectivity index (χ3n) is 21.3. The number of hydrogen-bond donors (Lipinski definition) is 0. The fourth-order valence-corrected chi connectivity index (χ4v) is 16.9. The minimum Gasteiger partial charge on any atom is -0.457 e. The molecular weight excluding hydrogens is 1230 g/mol. The summed E-state index contributed by atoms with van der Waals surface area (Å²) >= 11 is 0. The van der Waals surface area contributed by atoms with Gasteiger partial charge in [-0.2, -0.15) is 0 Å². The Morgan fingerprint density at radius 1 is 0.238 bits per heavy atom. The molecule has 0 saturated heterocycles. The van der Waals surface area contributed by atoms with Gasteiger partial charge >= 0.3 is 0 Å². The molecular formula is C93H56N6O2. The van der Waals surface area contributed by atoms with E-state index >= 15 is 0 Å². The molecule has 0 fully saturated rings. The lowest BCUT2D eigenvalue weighted by molar-refractivity contribution is 0.436. The maximum atomic E-state index is 6.84. The van der Waals surface area contributed by atoms with E-state index in [1.54, 1.807) is 0 Å². The summed E-state index contributed by atoms with van der Waals surface area (Å²) in [5, 5.41) is 2.35. The van der Waals surface area contributed by atoms with Gasteiger partial charge in [0.15, 0.2) is 34.9 Å². The van der Waals surface area contributed by atoms with Gasteiger partial charge in [0.25, 0.3) is 0 Å². The fraction of sp³-hybridized carbons (Fsp3) is 0.0323. The van der Waals surface area contributed by atoms with Crippen molar-refractivity contribution in [2.24, 2.45) is 0 Å². The van der Waals surface area contributed by atoms with Crippen LogP contribution in [0.5, 0.6) is 23.0 Å². The van der Waals surface area contributed by atoms with E-state index in [9.17, 15) is 0 Å². The number of hydrogen-bond acceptors (Lipinski definition) is 8. The molecule has 0 unspecified atom stereocenters. The molecule has 0 radical (unpaired) electrons. The summed E-state index contributed by atoms with van der Waals surface area (Å²) in [5.41, 5.74) is 25.3. The van der Waals surface area contributed by atoms with Gasteiger partial charge in [0, 0.05) is 55.6 Å². The van der Waals surface area contributed by atoms with Crippen LogP contribution in [0.15, 0.2) is 322 Å². The van der Waals surface area contributed by atoms with E-state index < -0.39 is 10.8 Å². The van der Waals surface area contributed by atoms with Crippen molar-refractivity contribution in [1.29, 1.82) is 0 Å². The predicted octanol–water partition coefficient (Wildman–Crippen LogP) is 21.9. The Kier molecular flexibility index (Phi) is 12.4. The molecule has 8 heteroatoms. The summed E-state index contributed by atoms with van der Waals surface area (Å²) in [6, 6.07) is 114. The Hall–Kier alpha value is -13.3. The van der Waals surface area contributed by atoms with Gasteiger partial charge in [-0.15, -0.1) is 0 Å². The van der Waals surface area contributed by atoms with Crippen LogP contribution in [-0.4, -0.2) is 29.9 Å². The number of allylic oxidation sites excluding steroid dienone is 1. The molecule has 16 aromatic rings. The van der Waals surface area contributed by atoms with Gasteiger partial charge in [-0.1, -0.05) is 273 Å². The van der Waals surface area contributed by atoms with Crippen LogP contribution >= 0.6 is 0 Å². The van der Waals surface area contributed by atoms with E-state index in [1.807, 2.05) is 36.4 Å². The molecule has 2 spiro atoms. The maximum Gasteiger partial charge on any atom is 0.164 e. The average molecular weight is 1290 g/mol. The topological polar surface area (TPSA) is 95.8 Å². The van der Waals surface area contributed by atoms with E-state index in [1.165, 1.54) is 61.0 Å². The average Bonchev–Trinajstić information content (AvgIpc) is 1.57. The summed E-state index contributed by atoms with van der Waals surface area (Å²) in [6.07, 6.45) is 3.10. The highest BCUT2D eigenvalue weighted by Crippen LogP contribution is 2.64. The van der Waals surface area contributed by atoms with Crippen molar-refractivity contribution in [3.05, 3.63) is 383 Å². The number of aromatic nitrogens is 6. The van der Waals surface area contributed by atoms with Gasteiger partial charge in [0.2, 0.25) is 0 Å². The molecule has 8 nitrogen and oxygen atoms in total. The van der Waals surface area contributed by atoms with Gasteiger partial charge in [-0.3, -0.25) is 0 Å². The number of nitrogens with zero attached hydrogens (tertiary/aromatic N) is 6. The number of benzene rings is 14. The lowest BCUT2D eigenvalue weighted by atomic mass is 9.66. The van der Waals surface area contributed by atoms with Crippen molar-refractivity contribution in [2.75, 3.05) is 0 Å². The molecule has 0 amide bonds. The molecule has 0 saturated carbocycles. The van der Waals surface area contributed by atoms with E-state index in [2.05, 4.69) is 291 Å². The third kappa shape index (κ3) is 8.61. The van der Waals surface area contributed by atoms with Crippen molar-refractivity contribution in [3.63, 3.8) is 0 Å². The zero-order valence-electron chi connectivity index (χ0n) is 54.4. The number of ether oxygens (including phenoxy) is 2. The summed E-state index contributed by atoms with van der Waals surface area (Å²) in [7, 11) is 0. The van der Waals surface area contributed by atoms with Gasteiger partial charge in [-0.25, -0.2) is 29.9 Å². The van der Waals surface area contributed by atoms with Gasteiger partial charge < -0.3 is 9.47 Å². The largest absolute Gasteiger partial charge is 0.457 e. The van der Waals surface area contributed by atoms with Crippen LogP contribution in [0.4, 0.5) is 0 Å². The van der Waals surface area contributed by atoms with Crippen molar-refractivity contribution in [2.45, 2.75) is 17.3 Å². The molecule has 2 aromatic heterocycles. The molecule has 3 aliphatic carbocycles.